The summed E-state index contributed by atoms with van der Waals surface area (Å²) in [5.41, 5.74) is 1.04. The number of hydrogen-bond acceptors (Lipinski definition) is 5. The van der Waals surface area contributed by atoms with Gasteiger partial charge in [-0.15, -0.1) is 0 Å². The molecule has 0 radical (unpaired) electrons. The van der Waals surface area contributed by atoms with Gasteiger partial charge in [0.05, 0.1) is 19.8 Å². The lowest BCUT2D eigenvalue weighted by molar-refractivity contribution is -0.137. The Morgan fingerprint density at radius 1 is 1.05 bits per heavy atom. The van der Waals surface area contributed by atoms with E-state index in [1.807, 2.05) is 0 Å². The van der Waals surface area contributed by atoms with E-state index in [4.69, 9.17) is 0 Å². The number of carbonyl (C=O) groups is 3. The van der Waals surface area contributed by atoms with Crippen LogP contribution in [0.25, 0.3) is 6.08 Å². The first-order chi connectivity index (χ1) is 9.47. The Bertz CT molecular complexity index is 545. The van der Waals surface area contributed by atoms with E-state index in [-0.39, 0.29) is 11.6 Å². The van der Waals surface area contributed by atoms with Crippen LogP contribution in [0.15, 0.2) is 30.0 Å². The third kappa shape index (κ3) is 4.24. The molecule has 0 bridgehead atoms. The van der Waals surface area contributed by atoms with E-state index in [0.717, 1.165) is 0 Å². The quantitative estimate of drug-likeness (QED) is 0.659. The first-order valence-electron chi connectivity index (χ1n) is 5.74. The van der Waals surface area contributed by atoms with Crippen molar-refractivity contribution in [2.75, 3.05) is 14.2 Å². The molecular formula is C14H15NO5. The van der Waals surface area contributed by atoms with E-state index in [0.29, 0.717) is 11.1 Å². The van der Waals surface area contributed by atoms with E-state index in [1.54, 1.807) is 24.3 Å². The Balaban J connectivity index is 3.02. The zero-order valence-corrected chi connectivity index (χ0v) is 11.4. The average Bonchev–Trinajstić information content (AvgIpc) is 2.45. The standard InChI is InChI=1S/C14H15NO5/c1-9(16)15-12(14(18)20-3)8-10-4-6-11(7-5-10)13(17)19-2/h4-8H,1-3H3,(H,15,16)/b12-8+. The van der Waals surface area contributed by atoms with Gasteiger partial charge >= 0.3 is 11.9 Å². The maximum atomic E-state index is 11.5. The maximum Gasteiger partial charge on any atom is 0.354 e. The van der Waals surface area contributed by atoms with Gasteiger partial charge in [0, 0.05) is 6.92 Å². The second-order valence-electron chi connectivity index (χ2n) is 3.84. The van der Waals surface area contributed by atoms with Crippen LogP contribution in [0.3, 0.4) is 0 Å². The second kappa shape index (κ2) is 7.08. The summed E-state index contributed by atoms with van der Waals surface area (Å²) >= 11 is 0. The molecular weight excluding hydrogens is 262 g/mol. The lowest BCUT2D eigenvalue weighted by Gasteiger charge is -2.06. The van der Waals surface area contributed by atoms with Crippen LogP contribution in [0.5, 0.6) is 0 Å². The Hall–Kier alpha value is -2.63. The number of benzene rings is 1. The van der Waals surface area contributed by atoms with Gasteiger partial charge in [-0.1, -0.05) is 12.1 Å². The molecule has 0 atom stereocenters. The second-order valence-corrected chi connectivity index (χ2v) is 3.84. The summed E-state index contributed by atoms with van der Waals surface area (Å²) in [6.07, 6.45) is 1.45. The third-order valence-electron chi connectivity index (χ3n) is 2.36. The van der Waals surface area contributed by atoms with Gasteiger partial charge in [-0.3, -0.25) is 4.79 Å². The molecule has 0 aliphatic rings. The zero-order valence-electron chi connectivity index (χ0n) is 11.4. The lowest BCUT2D eigenvalue weighted by atomic mass is 10.1. The highest BCUT2D eigenvalue weighted by molar-refractivity contribution is 5.97. The predicted octanol–water partition coefficient (Wildman–Crippen LogP) is 1.12. The molecule has 20 heavy (non-hydrogen) atoms. The molecule has 0 aliphatic carbocycles. The van der Waals surface area contributed by atoms with Crippen LogP contribution in [-0.4, -0.2) is 32.1 Å². The van der Waals surface area contributed by atoms with Gasteiger partial charge in [0.1, 0.15) is 5.70 Å². The van der Waals surface area contributed by atoms with E-state index in [9.17, 15) is 14.4 Å². The number of rotatable bonds is 4. The van der Waals surface area contributed by atoms with Gasteiger partial charge in [-0.25, -0.2) is 9.59 Å². The number of methoxy groups -OCH3 is 2. The minimum absolute atomic E-state index is 0.0193. The first-order valence-corrected chi connectivity index (χ1v) is 5.74. The van der Waals surface area contributed by atoms with Gasteiger partial charge in [0.2, 0.25) is 5.91 Å². The van der Waals surface area contributed by atoms with Gasteiger partial charge in [0.25, 0.3) is 0 Å². The summed E-state index contributed by atoms with van der Waals surface area (Å²) in [6, 6.07) is 6.36. The van der Waals surface area contributed by atoms with Crippen molar-refractivity contribution < 1.29 is 23.9 Å². The number of amides is 1. The third-order valence-corrected chi connectivity index (χ3v) is 2.36. The molecule has 1 aromatic carbocycles. The summed E-state index contributed by atoms with van der Waals surface area (Å²) in [5.74, 6) is -1.49. The summed E-state index contributed by atoms with van der Waals surface area (Å²) < 4.78 is 9.15. The molecule has 1 rings (SSSR count). The number of nitrogens with one attached hydrogen (secondary N) is 1. The summed E-state index contributed by atoms with van der Waals surface area (Å²) in [6.45, 7) is 1.29. The van der Waals surface area contributed by atoms with Crippen molar-refractivity contribution in [3.8, 4) is 0 Å². The van der Waals surface area contributed by atoms with Crippen LogP contribution in [-0.2, 0) is 19.1 Å². The molecule has 1 amide bonds. The summed E-state index contributed by atoms with van der Waals surface area (Å²) in [4.78, 5) is 33.8. The van der Waals surface area contributed by atoms with Crippen LogP contribution >= 0.6 is 0 Å². The lowest BCUT2D eigenvalue weighted by Crippen LogP contribution is -2.25. The molecule has 1 N–H and O–H groups in total. The molecule has 0 saturated heterocycles. The molecule has 0 aromatic heterocycles. The number of esters is 2. The predicted molar refractivity (Wildman–Crippen MR) is 71.6 cm³/mol. The normalized spacial score (nSPS) is 10.7. The van der Waals surface area contributed by atoms with Crippen molar-refractivity contribution in [1.29, 1.82) is 0 Å². The van der Waals surface area contributed by atoms with E-state index < -0.39 is 11.9 Å². The maximum absolute atomic E-state index is 11.5. The molecule has 0 aliphatic heterocycles. The highest BCUT2D eigenvalue weighted by Crippen LogP contribution is 2.10. The van der Waals surface area contributed by atoms with Crippen LogP contribution < -0.4 is 5.32 Å². The summed E-state index contributed by atoms with van der Waals surface area (Å²) in [5, 5.41) is 2.38. The van der Waals surface area contributed by atoms with Crippen molar-refractivity contribution >= 4 is 23.9 Å². The average molecular weight is 277 g/mol. The molecule has 0 spiro atoms. The highest BCUT2D eigenvalue weighted by Gasteiger charge is 2.11. The number of ether oxygens (including phenoxy) is 2. The Morgan fingerprint density at radius 2 is 1.65 bits per heavy atom. The van der Waals surface area contributed by atoms with Crippen LogP contribution in [0.4, 0.5) is 0 Å². The van der Waals surface area contributed by atoms with E-state index in [2.05, 4.69) is 14.8 Å². The van der Waals surface area contributed by atoms with Gasteiger partial charge in [-0.05, 0) is 23.8 Å². The Kier molecular flexibility index (Phi) is 5.46. The number of hydrogen-bond donors (Lipinski definition) is 1. The molecule has 0 unspecified atom stereocenters. The van der Waals surface area contributed by atoms with Crippen molar-refractivity contribution in [3.05, 3.63) is 41.1 Å². The fourth-order valence-corrected chi connectivity index (χ4v) is 1.45. The molecule has 0 fully saturated rings. The largest absolute Gasteiger partial charge is 0.465 e. The molecule has 1 aromatic rings. The molecule has 6 heteroatoms. The van der Waals surface area contributed by atoms with Crippen molar-refractivity contribution in [2.45, 2.75) is 6.92 Å². The molecule has 0 heterocycles. The Morgan fingerprint density at radius 3 is 2.10 bits per heavy atom. The van der Waals surface area contributed by atoms with E-state index in [1.165, 1.54) is 27.2 Å². The number of carbonyl (C=O) groups excluding carboxylic acids is 3. The fourth-order valence-electron chi connectivity index (χ4n) is 1.45. The summed E-state index contributed by atoms with van der Waals surface area (Å²) in [7, 11) is 2.51. The van der Waals surface area contributed by atoms with Gasteiger partial charge in [-0.2, -0.15) is 0 Å². The van der Waals surface area contributed by atoms with Crippen LogP contribution in [0.2, 0.25) is 0 Å². The zero-order chi connectivity index (χ0) is 15.1. The topological polar surface area (TPSA) is 81.7 Å². The molecule has 0 saturated carbocycles. The minimum Gasteiger partial charge on any atom is -0.465 e. The highest BCUT2D eigenvalue weighted by atomic mass is 16.5. The van der Waals surface area contributed by atoms with Crippen LogP contribution in [0, 0.1) is 0 Å². The SMILES string of the molecule is COC(=O)/C(=C\c1ccc(C(=O)OC)cc1)NC(C)=O. The smallest absolute Gasteiger partial charge is 0.354 e. The minimum atomic E-state index is -0.655. The Labute approximate surface area is 116 Å². The van der Waals surface area contributed by atoms with Gasteiger partial charge in [0.15, 0.2) is 0 Å². The first kappa shape index (κ1) is 15.4. The fraction of sp³-hybridized carbons (Fsp3) is 0.214. The molecule has 6 nitrogen and oxygen atoms in total. The van der Waals surface area contributed by atoms with Crippen molar-refractivity contribution in [3.63, 3.8) is 0 Å². The van der Waals surface area contributed by atoms with E-state index >= 15 is 0 Å². The van der Waals surface area contributed by atoms with Gasteiger partial charge < -0.3 is 14.8 Å². The van der Waals surface area contributed by atoms with Crippen molar-refractivity contribution in [2.24, 2.45) is 0 Å². The van der Waals surface area contributed by atoms with Crippen LogP contribution in [0.1, 0.15) is 22.8 Å². The molecule has 106 valence electrons. The van der Waals surface area contributed by atoms with Crippen molar-refractivity contribution in [1.82, 2.24) is 5.32 Å². The monoisotopic (exact) mass is 277 g/mol.